The number of carbonyl (C=O) groups is 1. The van der Waals surface area contributed by atoms with Gasteiger partial charge in [-0.05, 0) is 59.3 Å². The van der Waals surface area contributed by atoms with E-state index in [-0.39, 0.29) is 6.03 Å². The van der Waals surface area contributed by atoms with Gasteiger partial charge in [-0.3, -0.25) is 0 Å². The van der Waals surface area contributed by atoms with Crippen LogP contribution in [0.2, 0.25) is 0 Å². The van der Waals surface area contributed by atoms with Crippen molar-refractivity contribution in [2.24, 2.45) is 0 Å². The van der Waals surface area contributed by atoms with Crippen molar-refractivity contribution in [3.63, 3.8) is 0 Å². The molecule has 4 nitrogen and oxygen atoms in total. The van der Waals surface area contributed by atoms with E-state index in [9.17, 15) is 4.79 Å². The largest absolute Gasteiger partial charge is 0.380 e. The Bertz CT molecular complexity index is 647. The molecule has 1 saturated heterocycles. The molecule has 2 aromatic rings. The number of hydrogen-bond donors (Lipinski definition) is 2. The predicted molar refractivity (Wildman–Crippen MR) is 98.2 cm³/mol. The molecule has 2 N–H and O–H groups in total. The molecule has 0 spiro atoms. The third-order valence-electron chi connectivity index (χ3n) is 3.70. The highest BCUT2D eigenvalue weighted by Crippen LogP contribution is 2.18. The number of nitrogens with zero attached hydrogens (tertiary/aromatic N) is 1. The maximum atomic E-state index is 12.3. The number of likely N-dealkylation sites (tertiary alicyclic amines) is 1. The average Bonchev–Trinajstić information content (AvgIpc) is 2.97. The van der Waals surface area contributed by atoms with Crippen molar-refractivity contribution >= 4 is 40.0 Å². The van der Waals surface area contributed by atoms with Gasteiger partial charge in [-0.25, -0.2) is 4.79 Å². The zero-order chi connectivity index (χ0) is 15.4. The van der Waals surface area contributed by atoms with E-state index < -0.39 is 0 Å². The van der Waals surface area contributed by atoms with Crippen molar-refractivity contribution < 1.29 is 4.79 Å². The summed E-state index contributed by atoms with van der Waals surface area (Å²) in [5.41, 5.74) is 1.95. The molecule has 5 heteroatoms. The Morgan fingerprint density at radius 3 is 2.64 bits per heavy atom. The van der Waals surface area contributed by atoms with E-state index in [1.165, 1.54) is 0 Å². The van der Waals surface area contributed by atoms with Crippen LogP contribution in [-0.4, -0.2) is 30.1 Å². The van der Waals surface area contributed by atoms with Gasteiger partial charge < -0.3 is 15.5 Å². The van der Waals surface area contributed by atoms with Crippen LogP contribution in [0.5, 0.6) is 0 Å². The Morgan fingerprint density at radius 2 is 1.86 bits per heavy atom. The molecule has 3 rings (SSSR count). The molecule has 114 valence electrons. The Labute approximate surface area is 144 Å². The molecule has 1 unspecified atom stereocenters. The molecule has 2 aromatic carbocycles. The fourth-order valence-electron chi connectivity index (χ4n) is 2.60. The van der Waals surface area contributed by atoms with Gasteiger partial charge in [0.2, 0.25) is 0 Å². The van der Waals surface area contributed by atoms with Crippen molar-refractivity contribution in [1.82, 2.24) is 4.90 Å². The van der Waals surface area contributed by atoms with E-state index in [0.29, 0.717) is 6.04 Å². The third kappa shape index (κ3) is 3.91. The lowest BCUT2D eigenvalue weighted by Crippen LogP contribution is -2.34. The van der Waals surface area contributed by atoms with Gasteiger partial charge in [-0.2, -0.15) is 0 Å². The molecule has 1 aliphatic rings. The Balaban J connectivity index is 1.55. The molecule has 0 saturated carbocycles. The summed E-state index contributed by atoms with van der Waals surface area (Å²) in [7, 11) is 0. The van der Waals surface area contributed by atoms with Crippen LogP contribution in [0.3, 0.4) is 0 Å². The lowest BCUT2D eigenvalue weighted by molar-refractivity contribution is 0.222. The lowest BCUT2D eigenvalue weighted by Gasteiger charge is -2.18. The first-order chi connectivity index (χ1) is 10.7. The van der Waals surface area contributed by atoms with E-state index in [2.05, 4.69) is 45.4 Å². The summed E-state index contributed by atoms with van der Waals surface area (Å²) in [4.78, 5) is 14.2. The van der Waals surface area contributed by atoms with Crippen LogP contribution in [0.15, 0.2) is 54.6 Å². The maximum absolute atomic E-state index is 12.3. The van der Waals surface area contributed by atoms with Crippen LogP contribution in [-0.2, 0) is 0 Å². The second kappa shape index (κ2) is 7.00. The smallest absolute Gasteiger partial charge is 0.321 e. The lowest BCUT2D eigenvalue weighted by atomic mass is 10.2. The Kier molecular flexibility index (Phi) is 4.82. The number of amides is 2. The molecule has 1 atom stereocenters. The third-order valence-corrected chi connectivity index (χ3v) is 4.37. The zero-order valence-electron chi connectivity index (χ0n) is 12.1. The number of carbonyl (C=O) groups excluding carboxylic acids is 1. The van der Waals surface area contributed by atoms with Crippen molar-refractivity contribution in [3.05, 3.63) is 58.2 Å². The topological polar surface area (TPSA) is 44.4 Å². The molecular formula is C17H18IN3O. The SMILES string of the molecule is O=C(Nc1cccc(I)c1)N1CCC(Nc2ccccc2)C1. The number of rotatable bonds is 3. The van der Waals surface area contributed by atoms with E-state index in [1.54, 1.807) is 0 Å². The minimum atomic E-state index is -0.0284. The molecule has 0 bridgehead atoms. The fraction of sp³-hybridized carbons (Fsp3) is 0.235. The van der Waals surface area contributed by atoms with Crippen molar-refractivity contribution in [2.75, 3.05) is 23.7 Å². The second-order valence-corrected chi connectivity index (χ2v) is 6.63. The standard InChI is InChI=1S/C17H18IN3O/c18-13-5-4-8-15(11-13)20-17(22)21-10-9-16(12-21)19-14-6-2-1-3-7-14/h1-8,11,16,19H,9-10,12H2,(H,20,22). The fourth-order valence-corrected chi connectivity index (χ4v) is 3.14. The van der Waals surface area contributed by atoms with Gasteiger partial charge in [0.1, 0.15) is 0 Å². The number of benzene rings is 2. The van der Waals surface area contributed by atoms with Crippen LogP contribution in [0.25, 0.3) is 0 Å². The number of anilines is 2. The molecule has 0 radical (unpaired) electrons. The van der Waals surface area contributed by atoms with Crippen molar-refractivity contribution in [3.8, 4) is 0 Å². The molecular weight excluding hydrogens is 389 g/mol. The van der Waals surface area contributed by atoms with Crippen LogP contribution >= 0.6 is 22.6 Å². The summed E-state index contributed by atoms with van der Waals surface area (Å²) < 4.78 is 1.11. The highest BCUT2D eigenvalue weighted by Gasteiger charge is 2.26. The van der Waals surface area contributed by atoms with Gasteiger partial charge in [-0.1, -0.05) is 24.3 Å². The summed E-state index contributed by atoms with van der Waals surface area (Å²) in [5.74, 6) is 0. The van der Waals surface area contributed by atoms with E-state index in [4.69, 9.17) is 0 Å². The second-order valence-electron chi connectivity index (χ2n) is 5.38. The first kappa shape index (κ1) is 15.1. The minimum Gasteiger partial charge on any atom is -0.380 e. The molecule has 1 aliphatic heterocycles. The highest BCUT2D eigenvalue weighted by molar-refractivity contribution is 14.1. The van der Waals surface area contributed by atoms with E-state index >= 15 is 0 Å². The van der Waals surface area contributed by atoms with Gasteiger partial charge in [0.25, 0.3) is 0 Å². The normalized spacial score (nSPS) is 17.3. The van der Waals surface area contributed by atoms with Gasteiger partial charge in [0.15, 0.2) is 0 Å². The average molecular weight is 407 g/mol. The van der Waals surface area contributed by atoms with Crippen molar-refractivity contribution in [2.45, 2.75) is 12.5 Å². The van der Waals surface area contributed by atoms with Gasteiger partial charge in [-0.15, -0.1) is 0 Å². The van der Waals surface area contributed by atoms with Gasteiger partial charge >= 0.3 is 6.03 Å². The van der Waals surface area contributed by atoms with Crippen LogP contribution in [0.1, 0.15) is 6.42 Å². The first-order valence-electron chi connectivity index (χ1n) is 7.34. The molecule has 1 heterocycles. The number of halogens is 1. The van der Waals surface area contributed by atoms with E-state index in [0.717, 1.165) is 34.5 Å². The molecule has 2 amide bonds. The Morgan fingerprint density at radius 1 is 1.09 bits per heavy atom. The first-order valence-corrected chi connectivity index (χ1v) is 8.42. The highest BCUT2D eigenvalue weighted by atomic mass is 127. The van der Waals surface area contributed by atoms with Gasteiger partial charge in [0.05, 0.1) is 0 Å². The van der Waals surface area contributed by atoms with Crippen molar-refractivity contribution in [1.29, 1.82) is 0 Å². The molecule has 0 aliphatic carbocycles. The van der Waals surface area contributed by atoms with Gasteiger partial charge in [0, 0.05) is 34.1 Å². The number of urea groups is 1. The molecule has 0 aromatic heterocycles. The number of nitrogens with one attached hydrogen (secondary N) is 2. The summed E-state index contributed by atoms with van der Waals surface area (Å²) in [6.07, 6.45) is 0.967. The molecule has 22 heavy (non-hydrogen) atoms. The predicted octanol–water partition coefficient (Wildman–Crippen LogP) is 4.01. The van der Waals surface area contributed by atoms with Crippen LogP contribution < -0.4 is 10.6 Å². The Hall–Kier alpha value is -1.76. The molecule has 1 fully saturated rings. The van der Waals surface area contributed by atoms with Crippen LogP contribution in [0, 0.1) is 3.57 Å². The summed E-state index contributed by atoms with van der Waals surface area (Å²) >= 11 is 2.24. The summed E-state index contributed by atoms with van der Waals surface area (Å²) in [5, 5.41) is 6.44. The zero-order valence-corrected chi connectivity index (χ0v) is 14.3. The number of hydrogen-bond acceptors (Lipinski definition) is 2. The van der Waals surface area contributed by atoms with E-state index in [1.807, 2.05) is 47.4 Å². The number of para-hydroxylation sites is 1. The quantitative estimate of drug-likeness (QED) is 0.756. The summed E-state index contributed by atoms with van der Waals surface area (Å²) in [6, 6.07) is 18.2. The maximum Gasteiger partial charge on any atom is 0.321 e. The monoisotopic (exact) mass is 407 g/mol. The minimum absolute atomic E-state index is 0.0284. The van der Waals surface area contributed by atoms with Crippen LogP contribution in [0.4, 0.5) is 16.2 Å². The summed E-state index contributed by atoms with van der Waals surface area (Å²) in [6.45, 7) is 1.50.